The molecule has 24 heteroatoms. The van der Waals surface area contributed by atoms with Crippen molar-refractivity contribution in [3.8, 4) is 5.75 Å². The zero-order valence-corrected chi connectivity index (χ0v) is 69.9. The number of carbonyl (C=O) groups excluding carboxylic acids is 12. The Morgan fingerprint density at radius 1 is 0.284 bits per heavy atom. The van der Waals surface area contributed by atoms with Crippen molar-refractivity contribution in [2.75, 3.05) is 7.11 Å². The van der Waals surface area contributed by atoms with E-state index in [-0.39, 0.29) is 54.2 Å². The lowest BCUT2D eigenvalue weighted by Gasteiger charge is -2.21. The second-order valence-corrected chi connectivity index (χ2v) is 36.2. The van der Waals surface area contributed by atoms with Gasteiger partial charge in [0.15, 0.2) is 0 Å². The molecular weight excluding hydrogens is 1680 g/mol. The van der Waals surface area contributed by atoms with Crippen LogP contribution >= 0.6 is 77.7 Å². The fourth-order valence-corrected chi connectivity index (χ4v) is 14.9. The minimum atomic E-state index is -0.662. The molecule has 0 bridgehead atoms. The van der Waals surface area contributed by atoms with E-state index in [0.717, 1.165) is 68.4 Å². The molecule has 15 rings (SSSR count). The molecule has 19 nitrogen and oxygen atoms in total. The molecule has 0 spiro atoms. The van der Waals surface area contributed by atoms with Gasteiger partial charge in [-0.3, -0.25) is 0 Å². The predicted molar refractivity (Wildman–Crippen MR) is 427 cm³/mol. The van der Waals surface area contributed by atoms with Gasteiger partial charge in [-0.15, -0.1) is 0 Å². The highest BCUT2D eigenvalue weighted by Gasteiger charge is 2.40. The zero-order valence-electron chi connectivity index (χ0n) is 63.0. The molecule has 0 aliphatic carbocycles. The van der Waals surface area contributed by atoms with Gasteiger partial charge in [0.2, 0.25) is 0 Å². The first-order valence-corrected chi connectivity index (χ1v) is 37.5. The number of esters is 12. The van der Waals surface area contributed by atoms with Crippen LogP contribution in [0.4, 0.5) is 0 Å². The maximum atomic E-state index is 11.9. The van der Waals surface area contributed by atoms with Crippen molar-refractivity contribution in [3.05, 3.63) is 232 Å². The highest BCUT2D eigenvalue weighted by molar-refractivity contribution is 14.1. The van der Waals surface area contributed by atoms with Crippen molar-refractivity contribution in [2.24, 2.45) is 0 Å². The first-order chi connectivity index (χ1) is 50.3. The van der Waals surface area contributed by atoms with Crippen molar-refractivity contribution in [2.45, 2.75) is 157 Å². The molecule has 0 saturated heterocycles. The van der Waals surface area contributed by atoms with Gasteiger partial charge in [-0.05, 0) is 204 Å². The van der Waals surface area contributed by atoms with Crippen LogP contribution < -0.4 is 4.74 Å². The van der Waals surface area contributed by atoms with Gasteiger partial charge in [0.05, 0.1) is 78.9 Å². The summed E-state index contributed by atoms with van der Waals surface area (Å²) in [6, 6.07) is 33.0. The van der Waals surface area contributed by atoms with Gasteiger partial charge in [-0.2, -0.15) is 0 Å². The molecule has 6 aliphatic rings. The maximum absolute atomic E-state index is 11.9. The second kappa shape index (κ2) is 29.8. The van der Waals surface area contributed by atoms with Crippen LogP contribution in [0.25, 0.3) is 32.3 Å². The normalized spacial score (nSPS) is 14.7. The van der Waals surface area contributed by atoms with Crippen LogP contribution in [-0.2, 0) is 60.9 Å². The number of ether oxygens (including phenoxy) is 7. The quantitative estimate of drug-likeness (QED) is 0.0639. The standard InChI is InChI=1S/C16H13BrO3.C16H13ClO3.C16H13IO3.C13H14O4.C12H11BrO3.C12H11ClO3/c3*1-16(2,3)8-4-5-9-10(6-8)13-11(7-12(9)17)14(18)20-15(13)19;1-13(2,3)9-6-7(16-4)5-8-10(9)12(15)17-11(8)14;2*1-12(2,3)6-4-7-9(8(13)5-6)11(15)16-10(7)14/h3*4-7H,1-3H3;5-6H,1-4H3;2*4-5H,1-3H3. The van der Waals surface area contributed by atoms with Gasteiger partial charge in [-0.1, -0.05) is 200 Å². The number of fused-ring (bicyclic) bond motifs is 12. The Bertz CT molecular complexity index is 5160. The predicted octanol–water partition coefficient (Wildman–Crippen LogP) is 20.7. The van der Waals surface area contributed by atoms with E-state index in [2.05, 4.69) is 142 Å². The number of hydrogen-bond donors (Lipinski definition) is 0. The summed E-state index contributed by atoms with van der Waals surface area (Å²) in [7, 11) is 1.52. The lowest BCUT2D eigenvalue weighted by Crippen LogP contribution is -2.16. The van der Waals surface area contributed by atoms with E-state index in [1.807, 2.05) is 117 Å². The van der Waals surface area contributed by atoms with E-state index >= 15 is 0 Å². The molecule has 109 heavy (non-hydrogen) atoms. The van der Waals surface area contributed by atoms with Gasteiger partial charge in [0.25, 0.3) is 0 Å². The Kier molecular flexibility index (Phi) is 22.5. The lowest BCUT2D eigenvalue weighted by molar-refractivity contribution is 0.0425. The van der Waals surface area contributed by atoms with Crippen molar-refractivity contribution in [1.29, 1.82) is 0 Å². The first kappa shape index (κ1) is 82.2. The topological polar surface area (TPSA) is 269 Å². The highest BCUT2D eigenvalue weighted by Crippen LogP contribution is 2.43. The Morgan fingerprint density at radius 2 is 0.606 bits per heavy atom. The van der Waals surface area contributed by atoms with Gasteiger partial charge in [-0.25, -0.2) is 57.5 Å². The van der Waals surface area contributed by atoms with Crippen LogP contribution in [0.15, 0.2) is 118 Å². The summed E-state index contributed by atoms with van der Waals surface area (Å²) < 4.78 is 35.4. The average Bonchev–Trinajstić information content (AvgIpc) is 1.65. The lowest BCUT2D eigenvalue weighted by atomic mass is 9.82. The van der Waals surface area contributed by atoms with Gasteiger partial charge in [0, 0.05) is 22.9 Å². The van der Waals surface area contributed by atoms with Crippen molar-refractivity contribution < 1.29 is 90.7 Å². The molecular formula is C85H75Br2Cl2IO19. The number of carbonyl (C=O) groups is 12. The van der Waals surface area contributed by atoms with Crippen molar-refractivity contribution >= 4 is 182 Å². The van der Waals surface area contributed by atoms with Crippen LogP contribution in [-0.4, -0.2) is 78.7 Å². The molecule has 6 heterocycles. The fourth-order valence-electron chi connectivity index (χ4n) is 12.3. The minimum Gasteiger partial charge on any atom is -0.497 e. The van der Waals surface area contributed by atoms with Gasteiger partial charge < -0.3 is 33.2 Å². The monoisotopic (exact) mass is 1750 g/mol. The number of cyclic esters (lactones) is 12. The Balaban J connectivity index is 0.000000140. The summed E-state index contributed by atoms with van der Waals surface area (Å²) in [4.78, 5) is 139. The van der Waals surface area contributed by atoms with Crippen LogP contribution in [0.3, 0.4) is 0 Å². The number of hydrogen-bond acceptors (Lipinski definition) is 19. The zero-order chi connectivity index (χ0) is 80.9. The van der Waals surface area contributed by atoms with Crippen LogP contribution in [0, 0.1) is 3.57 Å². The van der Waals surface area contributed by atoms with E-state index in [1.165, 1.54) is 19.2 Å². The first-order valence-electron chi connectivity index (χ1n) is 34.1. The number of halogens is 5. The molecule has 0 unspecified atom stereocenters. The van der Waals surface area contributed by atoms with Crippen molar-refractivity contribution in [3.63, 3.8) is 0 Å². The van der Waals surface area contributed by atoms with E-state index in [0.29, 0.717) is 70.7 Å². The van der Waals surface area contributed by atoms with E-state index in [4.69, 9.17) is 37.4 Å². The molecule has 9 aromatic carbocycles. The molecule has 0 amide bonds. The third kappa shape index (κ3) is 16.6. The summed E-state index contributed by atoms with van der Waals surface area (Å²) in [5.74, 6) is -6.50. The van der Waals surface area contributed by atoms with Crippen LogP contribution in [0.5, 0.6) is 5.75 Å². The van der Waals surface area contributed by atoms with Crippen LogP contribution in [0.1, 0.15) is 282 Å². The molecule has 564 valence electrons. The fraction of sp³-hybridized carbons (Fsp3) is 0.294. The van der Waals surface area contributed by atoms with E-state index in [1.54, 1.807) is 36.4 Å². The SMILES string of the molecule is CC(C)(C)c1cc(Br)c2c(c1)C(=O)OC2=O.CC(C)(C)c1cc(Cl)c2c(c1)C(=O)OC2=O.CC(C)(C)c1ccc2c(Br)cc3c(c2c1)C(=O)OC3=O.CC(C)(C)c1ccc2c(Cl)cc3c(c2c1)C(=O)OC3=O.CC(C)(C)c1ccc2c(I)cc3c(c2c1)C(=O)OC3=O.COc1cc2c(c(C(C)(C)C)c1)C(=O)OC2=O. The molecule has 0 N–H and O–H groups in total. The molecule has 0 fully saturated rings. The third-order valence-corrected chi connectivity index (χ3v) is 21.4. The number of rotatable bonds is 1. The summed E-state index contributed by atoms with van der Waals surface area (Å²) in [5.41, 5.74) is 9.22. The Labute approximate surface area is 669 Å². The largest absolute Gasteiger partial charge is 0.497 e. The smallest absolute Gasteiger partial charge is 0.348 e. The Morgan fingerprint density at radius 3 is 1.02 bits per heavy atom. The number of methoxy groups -OCH3 is 1. The van der Waals surface area contributed by atoms with Crippen molar-refractivity contribution in [1.82, 2.24) is 0 Å². The molecule has 9 aromatic rings. The maximum Gasteiger partial charge on any atom is 0.348 e. The third-order valence-electron chi connectivity index (χ3n) is 18.6. The summed E-state index contributed by atoms with van der Waals surface area (Å²) in [6.07, 6.45) is 0. The van der Waals surface area contributed by atoms with Crippen LogP contribution in [0.2, 0.25) is 10.0 Å². The van der Waals surface area contributed by atoms with E-state index < -0.39 is 71.6 Å². The Hall–Kier alpha value is -9.33. The highest BCUT2D eigenvalue weighted by atomic mass is 127. The van der Waals surface area contributed by atoms with E-state index in [9.17, 15) is 57.5 Å². The molecule has 0 saturated carbocycles. The average molecular weight is 1760 g/mol. The summed E-state index contributed by atoms with van der Waals surface area (Å²) in [5, 5.41) is 5.60. The molecule has 0 aromatic heterocycles. The van der Waals surface area contributed by atoms with Gasteiger partial charge >= 0.3 is 71.6 Å². The molecule has 0 atom stereocenters. The minimum absolute atomic E-state index is 0.0190. The molecule has 0 radical (unpaired) electrons. The van der Waals surface area contributed by atoms with Gasteiger partial charge in [0.1, 0.15) is 5.75 Å². The summed E-state index contributed by atoms with van der Waals surface area (Å²) >= 11 is 21.1. The molecule has 6 aliphatic heterocycles. The number of benzene rings is 9. The second-order valence-electron chi connectivity index (χ2n) is 32.5. The summed E-state index contributed by atoms with van der Waals surface area (Å²) in [6.45, 7) is 37.0.